The van der Waals surface area contributed by atoms with Crippen molar-refractivity contribution in [3.63, 3.8) is 0 Å². The van der Waals surface area contributed by atoms with Crippen LogP contribution in [0.25, 0.3) is 0 Å². The zero-order valence-corrected chi connectivity index (χ0v) is 11.3. The maximum atomic E-state index is 11.9. The Kier molecular flexibility index (Phi) is 3.64. The van der Waals surface area contributed by atoms with E-state index >= 15 is 0 Å². The number of carbonyl (C=O) groups is 2. The molecular weight excluding hydrogens is 250 g/mol. The number of nitrogens with zero attached hydrogens (tertiary/aromatic N) is 1. The minimum absolute atomic E-state index is 0.240. The molecule has 0 unspecified atom stereocenters. The molecule has 2 fully saturated rings. The predicted octanol–water partition coefficient (Wildman–Crippen LogP) is -0.289. The van der Waals surface area contributed by atoms with Crippen LogP contribution >= 0.6 is 0 Å². The van der Waals surface area contributed by atoms with E-state index in [1.165, 1.54) is 19.1 Å². The third-order valence-corrected chi connectivity index (χ3v) is 4.06. The second-order valence-corrected chi connectivity index (χ2v) is 5.11. The molecular formula is C13H19NO5. The number of methoxy groups -OCH3 is 2. The topological polar surface area (TPSA) is 76.1 Å². The van der Waals surface area contributed by atoms with Gasteiger partial charge in [-0.3, -0.25) is 4.79 Å². The second-order valence-electron chi connectivity index (χ2n) is 5.11. The number of hydrogen-bond donors (Lipinski definition) is 1. The molecule has 106 valence electrons. The van der Waals surface area contributed by atoms with E-state index in [1.807, 2.05) is 0 Å². The zero-order chi connectivity index (χ0) is 14.3. The number of piperidine rings is 1. The molecule has 2 saturated heterocycles. The molecule has 6 nitrogen and oxygen atoms in total. The summed E-state index contributed by atoms with van der Waals surface area (Å²) >= 11 is 0. The number of carbonyl (C=O) groups excluding carboxylic acids is 2. The zero-order valence-electron chi connectivity index (χ0n) is 11.3. The van der Waals surface area contributed by atoms with Crippen LogP contribution in [-0.4, -0.2) is 60.4 Å². The lowest BCUT2D eigenvalue weighted by atomic mass is 9.73. The highest BCUT2D eigenvalue weighted by atomic mass is 16.5. The molecule has 0 aromatic rings. The minimum atomic E-state index is -0.763. The maximum Gasteiger partial charge on any atom is 0.328 e. The molecule has 0 bridgehead atoms. The molecule has 6 heteroatoms. The molecule has 2 rings (SSSR count). The van der Waals surface area contributed by atoms with Gasteiger partial charge in [-0.25, -0.2) is 4.79 Å². The fourth-order valence-electron chi connectivity index (χ4n) is 3.02. The van der Waals surface area contributed by atoms with Gasteiger partial charge < -0.3 is 19.5 Å². The first-order valence-electron chi connectivity index (χ1n) is 6.20. The lowest BCUT2D eigenvalue weighted by Crippen LogP contribution is -2.77. The van der Waals surface area contributed by atoms with Crippen molar-refractivity contribution < 1.29 is 24.2 Å². The van der Waals surface area contributed by atoms with E-state index < -0.39 is 30.3 Å². The normalized spacial score (nSPS) is 37.4. The lowest BCUT2D eigenvalue weighted by molar-refractivity contribution is -0.205. The number of ether oxygens (including phenoxy) is 2. The summed E-state index contributed by atoms with van der Waals surface area (Å²) in [6.07, 6.45) is -1.12. The van der Waals surface area contributed by atoms with Crippen LogP contribution in [0.3, 0.4) is 0 Å². The Morgan fingerprint density at radius 3 is 2.58 bits per heavy atom. The highest BCUT2D eigenvalue weighted by Crippen LogP contribution is 2.40. The van der Waals surface area contributed by atoms with E-state index in [-0.39, 0.29) is 11.8 Å². The van der Waals surface area contributed by atoms with Gasteiger partial charge in [0.05, 0.1) is 19.3 Å². The number of rotatable bonds is 3. The van der Waals surface area contributed by atoms with Gasteiger partial charge in [-0.1, -0.05) is 12.2 Å². The largest absolute Gasteiger partial charge is 0.467 e. The fraction of sp³-hybridized carbons (Fsp3) is 0.692. The van der Waals surface area contributed by atoms with Gasteiger partial charge in [-0.15, -0.1) is 0 Å². The average molecular weight is 269 g/mol. The number of aliphatic hydroxyl groups is 1. The highest BCUT2D eigenvalue weighted by molar-refractivity contribution is 5.93. The maximum absolute atomic E-state index is 11.9. The molecule has 0 saturated carbocycles. The van der Waals surface area contributed by atoms with Crippen LogP contribution in [0.5, 0.6) is 0 Å². The molecule has 5 atom stereocenters. The summed E-state index contributed by atoms with van der Waals surface area (Å²) in [5.41, 5.74) is 0.787. The molecule has 2 aliphatic rings. The van der Waals surface area contributed by atoms with Crippen LogP contribution in [0.15, 0.2) is 12.2 Å². The Hall–Kier alpha value is -1.40. The summed E-state index contributed by atoms with van der Waals surface area (Å²) in [5.74, 6) is -0.982. The van der Waals surface area contributed by atoms with Crippen molar-refractivity contribution >= 4 is 11.9 Å². The minimum Gasteiger partial charge on any atom is -0.467 e. The Balaban J connectivity index is 2.30. The monoisotopic (exact) mass is 269 g/mol. The van der Waals surface area contributed by atoms with Crippen molar-refractivity contribution in [2.75, 3.05) is 14.2 Å². The number of aliphatic hydroxyl groups excluding tert-OH is 1. The first kappa shape index (κ1) is 14.0. The SMILES string of the molecule is C=C(C)[C@@H]1C[C@H](C(=O)OC)N2C(=O)[C@H](OC)[C@@H]2[C@H]1O. The van der Waals surface area contributed by atoms with Crippen molar-refractivity contribution in [1.29, 1.82) is 0 Å². The van der Waals surface area contributed by atoms with Crippen LogP contribution < -0.4 is 0 Å². The smallest absolute Gasteiger partial charge is 0.328 e. The standard InChI is InChI=1S/C13H19NO5/c1-6(2)7-5-8(13(17)19-4)14-9(10(7)15)11(18-3)12(14)16/h7-11,15H,1,5H2,2-4H3/t7-,8+,9-,10-,11+/m0/s1. The first-order chi connectivity index (χ1) is 8.93. The lowest BCUT2D eigenvalue weighted by Gasteiger charge is -2.56. The van der Waals surface area contributed by atoms with Gasteiger partial charge in [0.1, 0.15) is 6.04 Å². The molecule has 19 heavy (non-hydrogen) atoms. The summed E-state index contributed by atoms with van der Waals surface area (Å²) < 4.78 is 9.83. The van der Waals surface area contributed by atoms with E-state index in [0.717, 1.165) is 5.57 Å². The first-order valence-corrected chi connectivity index (χ1v) is 6.20. The van der Waals surface area contributed by atoms with Crippen molar-refractivity contribution in [3.8, 4) is 0 Å². The molecule has 0 spiro atoms. The average Bonchev–Trinajstić information content (AvgIpc) is 2.38. The summed E-state index contributed by atoms with van der Waals surface area (Å²) in [5, 5.41) is 10.3. The van der Waals surface area contributed by atoms with Gasteiger partial charge in [0, 0.05) is 13.0 Å². The Morgan fingerprint density at radius 2 is 2.11 bits per heavy atom. The molecule has 2 aliphatic heterocycles. The Morgan fingerprint density at radius 1 is 1.47 bits per heavy atom. The van der Waals surface area contributed by atoms with Gasteiger partial charge in [-0.05, 0) is 13.3 Å². The summed E-state index contributed by atoms with van der Waals surface area (Å²) in [4.78, 5) is 25.1. The van der Waals surface area contributed by atoms with Crippen molar-refractivity contribution in [2.45, 2.75) is 37.6 Å². The van der Waals surface area contributed by atoms with Crippen LogP contribution in [0.2, 0.25) is 0 Å². The van der Waals surface area contributed by atoms with Gasteiger partial charge >= 0.3 is 5.97 Å². The van der Waals surface area contributed by atoms with E-state index in [4.69, 9.17) is 9.47 Å². The fourth-order valence-corrected chi connectivity index (χ4v) is 3.02. The van der Waals surface area contributed by atoms with Crippen molar-refractivity contribution in [1.82, 2.24) is 4.90 Å². The van der Waals surface area contributed by atoms with Crippen LogP contribution in [0.4, 0.5) is 0 Å². The number of hydrogen-bond acceptors (Lipinski definition) is 5. The van der Waals surface area contributed by atoms with Crippen LogP contribution in [-0.2, 0) is 19.1 Å². The molecule has 1 amide bonds. The number of amides is 1. The number of esters is 1. The molecule has 0 aliphatic carbocycles. The number of fused-ring (bicyclic) bond motifs is 1. The molecule has 1 N–H and O–H groups in total. The third-order valence-electron chi connectivity index (χ3n) is 4.06. The molecule has 0 aromatic carbocycles. The molecule has 0 radical (unpaired) electrons. The summed E-state index contributed by atoms with van der Waals surface area (Å²) in [6, 6.07) is -1.17. The second kappa shape index (κ2) is 4.94. The van der Waals surface area contributed by atoms with E-state index in [9.17, 15) is 14.7 Å². The van der Waals surface area contributed by atoms with Gasteiger partial charge in [-0.2, -0.15) is 0 Å². The van der Waals surface area contributed by atoms with Gasteiger partial charge in [0.25, 0.3) is 5.91 Å². The summed E-state index contributed by atoms with van der Waals surface area (Å²) in [6.45, 7) is 5.65. The summed E-state index contributed by atoms with van der Waals surface area (Å²) in [7, 11) is 2.71. The van der Waals surface area contributed by atoms with Crippen molar-refractivity contribution in [2.24, 2.45) is 5.92 Å². The van der Waals surface area contributed by atoms with E-state index in [0.29, 0.717) is 6.42 Å². The van der Waals surface area contributed by atoms with Crippen LogP contribution in [0.1, 0.15) is 13.3 Å². The van der Waals surface area contributed by atoms with E-state index in [2.05, 4.69) is 6.58 Å². The van der Waals surface area contributed by atoms with E-state index in [1.54, 1.807) is 6.92 Å². The third kappa shape index (κ3) is 1.95. The Bertz CT molecular complexity index is 421. The number of β-lactam (4-membered cyclic amide) rings is 1. The molecule has 2 heterocycles. The van der Waals surface area contributed by atoms with Gasteiger partial charge in [0.15, 0.2) is 6.10 Å². The Labute approximate surface area is 112 Å². The molecule has 0 aromatic heterocycles. The predicted molar refractivity (Wildman–Crippen MR) is 66.2 cm³/mol. The van der Waals surface area contributed by atoms with Crippen molar-refractivity contribution in [3.05, 3.63) is 12.2 Å². The van der Waals surface area contributed by atoms with Gasteiger partial charge in [0.2, 0.25) is 0 Å². The quantitative estimate of drug-likeness (QED) is 0.433. The van der Waals surface area contributed by atoms with Crippen LogP contribution in [0, 0.1) is 5.92 Å². The highest BCUT2D eigenvalue weighted by Gasteiger charge is 2.60.